The molecular formula is C20H18F6N3O2+. The maximum absolute atomic E-state index is 14.3. The molecule has 0 fully saturated rings. The second-order valence-electron chi connectivity index (χ2n) is 6.49. The number of hydrogen-bond acceptors (Lipinski definition) is 4. The van der Waals surface area contributed by atoms with Crippen LogP contribution in [0.1, 0.15) is 11.1 Å². The largest absolute Gasteiger partial charge is 0.579 e. The van der Waals surface area contributed by atoms with E-state index in [9.17, 15) is 26.3 Å². The predicted molar refractivity (Wildman–Crippen MR) is 102 cm³/mol. The number of benzene rings is 2. The Balaban J connectivity index is 2.41. The first kappa shape index (κ1) is 22.6. The number of halogens is 6. The van der Waals surface area contributed by atoms with Crippen LogP contribution in [0.5, 0.6) is 11.5 Å². The van der Waals surface area contributed by atoms with E-state index in [1.807, 2.05) is 0 Å². The van der Waals surface area contributed by atoms with Crippen molar-refractivity contribution in [1.29, 1.82) is 0 Å². The molecule has 1 heterocycles. The number of alkyl halides is 6. The fourth-order valence-corrected chi connectivity index (χ4v) is 3.45. The topological polar surface area (TPSA) is 56.8 Å². The van der Waals surface area contributed by atoms with Gasteiger partial charge in [-0.3, -0.25) is 0 Å². The molecule has 0 bridgehead atoms. The lowest BCUT2D eigenvalue weighted by Gasteiger charge is -2.37. The molecule has 0 spiro atoms. The normalized spacial score (nSPS) is 16.4. The lowest BCUT2D eigenvalue weighted by atomic mass is 10.0. The third kappa shape index (κ3) is 3.53. The minimum absolute atomic E-state index is 0.0473. The summed E-state index contributed by atoms with van der Waals surface area (Å²) in [6, 6.07) is 10.3. The molecule has 166 valence electrons. The summed E-state index contributed by atoms with van der Waals surface area (Å²) in [7, 11) is 2.71. The van der Waals surface area contributed by atoms with Gasteiger partial charge in [0.25, 0.3) is 0 Å². The second-order valence-corrected chi connectivity index (χ2v) is 6.49. The van der Waals surface area contributed by atoms with E-state index in [0.717, 1.165) is 12.1 Å². The Bertz CT molecular complexity index is 995. The van der Waals surface area contributed by atoms with E-state index in [4.69, 9.17) is 15.2 Å². The molecule has 2 N–H and O–H groups in total. The number of aliphatic imine (C=N–C) groups is 1. The van der Waals surface area contributed by atoms with Gasteiger partial charge in [-0.2, -0.15) is 4.99 Å². The smallest absolute Gasteiger partial charge is 0.497 e. The van der Waals surface area contributed by atoms with Gasteiger partial charge in [0.1, 0.15) is 17.2 Å². The van der Waals surface area contributed by atoms with Gasteiger partial charge in [-0.05, 0) is 48.5 Å². The molecule has 0 atom stereocenters. The van der Waals surface area contributed by atoms with Crippen LogP contribution in [0.3, 0.4) is 0 Å². The van der Waals surface area contributed by atoms with Crippen molar-refractivity contribution in [2.75, 3.05) is 20.8 Å². The van der Waals surface area contributed by atoms with E-state index in [-0.39, 0.29) is 16.9 Å². The Morgan fingerprint density at radius 2 is 1.19 bits per heavy atom. The predicted octanol–water partition coefficient (Wildman–Crippen LogP) is 4.76. The van der Waals surface area contributed by atoms with Crippen molar-refractivity contribution in [3.05, 3.63) is 59.7 Å². The van der Waals surface area contributed by atoms with Gasteiger partial charge >= 0.3 is 12.6 Å². The van der Waals surface area contributed by atoms with E-state index in [2.05, 4.69) is 4.99 Å². The zero-order chi connectivity index (χ0) is 23.0. The standard InChI is InChI=1S/C20H18F6N3O2/c1-30-14-7-3-12(4-8-14)17-18(13-5-9-15(31-2)10-6-13)29(19(21,22)23,20(24,25)26)16(11-27)28-17/h3-10H,11,27H2,1-2H3/q+1. The number of rotatable bonds is 5. The molecule has 0 amide bonds. The van der Waals surface area contributed by atoms with Crippen molar-refractivity contribution in [1.82, 2.24) is 0 Å². The second kappa shape index (κ2) is 7.89. The summed E-state index contributed by atoms with van der Waals surface area (Å²) in [5.41, 5.74) is 3.51. The number of nitrogens with two attached hydrogens (primary N) is 1. The first-order chi connectivity index (χ1) is 14.5. The fourth-order valence-electron chi connectivity index (χ4n) is 3.45. The number of hydrogen-bond donors (Lipinski definition) is 1. The Labute approximate surface area is 173 Å². The maximum Gasteiger partial charge on any atom is 0.579 e. The monoisotopic (exact) mass is 446 g/mol. The lowest BCUT2D eigenvalue weighted by molar-refractivity contribution is -0.990. The Kier molecular flexibility index (Phi) is 5.76. The van der Waals surface area contributed by atoms with Crippen molar-refractivity contribution in [2.24, 2.45) is 10.7 Å². The molecule has 3 rings (SSSR count). The van der Waals surface area contributed by atoms with Gasteiger partial charge in [0, 0.05) is 11.1 Å². The van der Waals surface area contributed by atoms with Gasteiger partial charge in [0.2, 0.25) is 5.84 Å². The van der Waals surface area contributed by atoms with Crippen molar-refractivity contribution in [3.63, 3.8) is 0 Å². The average molecular weight is 446 g/mol. The highest BCUT2D eigenvalue weighted by molar-refractivity contribution is 6.02. The van der Waals surface area contributed by atoms with Gasteiger partial charge < -0.3 is 15.2 Å². The van der Waals surface area contributed by atoms with Crippen LogP contribution in [-0.4, -0.2) is 43.7 Å². The highest BCUT2D eigenvalue weighted by Crippen LogP contribution is 2.55. The third-order valence-electron chi connectivity index (χ3n) is 4.86. The first-order valence-corrected chi connectivity index (χ1v) is 8.85. The van der Waals surface area contributed by atoms with Gasteiger partial charge in [-0.1, -0.05) is 4.48 Å². The van der Waals surface area contributed by atoms with Crippen LogP contribution in [0.15, 0.2) is 53.5 Å². The van der Waals surface area contributed by atoms with Crippen LogP contribution < -0.4 is 15.2 Å². The van der Waals surface area contributed by atoms with Crippen LogP contribution in [-0.2, 0) is 0 Å². The molecule has 31 heavy (non-hydrogen) atoms. The molecule has 2 aromatic carbocycles. The minimum Gasteiger partial charge on any atom is -0.497 e. The van der Waals surface area contributed by atoms with E-state index in [1.165, 1.54) is 50.6 Å². The molecular weight excluding hydrogens is 428 g/mol. The van der Waals surface area contributed by atoms with Gasteiger partial charge in [0.15, 0.2) is 5.70 Å². The van der Waals surface area contributed by atoms with Crippen LogP contribution in [0, 0.1) is 0 Å². The van der Waals surface area contributed by atoms with Crippen molar-refractivity contribution in [2.45, 2.75) is 12.6 Å². The average Bonchev–Trinajstić information content (AvgIpc) is 3.10. The van der Waals surface area contributed by atoms with Crippen LogP contribution in [0.25, 0.3) is 11.4 Å². The van der Waals surface area contributed by atoms with Crippen molar-refractivity contribution < 1.29 is 40.3 Å². The van der Waals surface area contributed by atoms with Crippen LogP contribution in [0.2, 0.25) is 0 Å². The molecule has 1 aliphatic rings. The third-order valence-corrected chi connectivity index (χ3v) is 4.86. The molecule has 0 unspecified atom stereocenters. The van der Waals surface area contributed by atoms with Gasteiger partial charge in [-0.25, -0.2) is 0 Å². The number of quaternary nitrogens is 1. The fraction of sp³-hybridized carbons (Fsp3) is 0.250. The summed E-state index contributed by atoms with van der Waals surface area (Å²) in [6.07, 6.45) is -11.6. The molecule has 11 heteroatoms. The summed E-state index contributed by atoms with van der Waals surface area (Å²) in [5, 5.41) is 0. The Morgan fingerprint density at radius 3 is 1.55 bits per heavy atom. The SMILES string of the molecule is COc1ccc(C2=C(c3ccc(OC)cc3)[N+](C(F)(F)F)(C(F)(F)F)C(CN)=N2)cc1. The number of methoxy groups -OCH3 is 2. The molecule has 0 saturated heterocycles. The molecule has 5 nitrogen and oxygen atoms in total. The van der Waals surface area contributed by atoms with E-state index in [1.54, 1.807) is 0 Å². The van der Waals surface area contributed by atoms with Crippen molar-refractivity contribution in [3.8, 4) is 11.5 Å². The molecule has 1 aliphatic heterocycles. The summed E-state index contributed by atoms with van der Waals surface area (Å²) >= 11 is 0. The summed E-state index contributed by atoms with van der Waals surface area (Å²) < 4.78 is 92.2. The molecule has 0 aromatic heterocycles. The minimum atomic E-state index is -5.81. The summed E-state index contributed by atoms with van der Waals surface area (Å²) in [5.74, 6) is -0.633. The van der Waals surface area contributed by atoms with Crippen LogP contribution in [0.4, 0.5) is 26.3 Å². The van der Waals surface area contributed by atoms with Gasteiger partial charge in [-0.15, -0.1) is 26.3 Å². The molecule has 0 aliphatic carbocycles. The Morgan fingerprint density at radius 1 is 0.774 bits per heavy atom. The zero-order valence-corrected chi connectivity index (χ0v) is 16.4. The lowest BCUT2D eigenvalue weighted by Crippen LogP contribution is -2.67. The number of amidine groups is 1. The van der Waals surface area contributed by atoms with Gasteiger partial charge in [0.05, 0.1) is 20.8 Å². The van der Waals surface area contributed by atoms with Crippen LogP contribution >= 0.6 is 0 Å². The van der Waals surface area contributed by atoms with E-state index in [0.29, 0.717) is 5.75 Å². The molecule has 2 aromatic rings. The quantitative estimate of drug-likeness (QED) is 0.410. The summed E-state index contributed by atoms with van der Waals surface area (Å²) in [4.78, 5) is 3.75. The Hall–Kier alpha value is -3.05. The summed E-state index contributed by atoms with van der Waals surface area (Å²) in [6.45, 7) is -1.06. The highest BCUT2D eigenvalue weighted by atomic mass is 19.4. The number of ether oxygens (including phenoxy) is 2. The van der Waals surface area contributed by atoms with E-state index < -0.39 is 40.9 Å². The maximum atomic E-state index is 14.3. The molecule has 0 saturated carbocycles. The highest BCUT2D eigenvalue weighted by Gasteiger charge is 2.79. The number of nitrogens with zero attached hydrogens (tertiary/aromatic N) is 2. The molecule has 0 radical (unpaired) electrons. The van der Waals surface area contributed by atoms with Crippen molar-refractivity contribution >= 4 is 17.2 Å². The first-order valence-electron chi connectivity index (χ1n) is 8.85. The zero-order valence-electron chi connectivity index (χ0n) is 16.4. The van der Waals surface area contributed by atoms with E-state index >= 15 is 0 Å².